The van der Waals surface area contributed by atoms with E-state index in [2.05, 4.69) is 35.8 Å². The number of aryl methyl sites for hydroxylation is 1. The lowest BCUT2D eigenvalue weighted by Crippen LogP contribution is -2.60. The van der Waals surface area contributed by atoms with Gasteiger partial charge < -0.3 is 13.4 Å². The molecule has 1 aromatic rings. The molecule has 1 aliphatic heterocycles. The SMILES string of the molecule is CO[Si]1(OC)CCCCN1c1ccc(C)cc1. The number of anilines is 1. The zero-order chi connectivity index (χ0) is 12.3. The number of benzene rings is 1. The average Bonchev–Trinajstić information content (AvgIpc) is 2.39. The van der Waals surface area contributed by atoms with Gasteiger partial charge in [0.1, 0.15) is 0 Å². The fraction of sp³-hybridized carbons (Fsp3) is 0.538. The molecule has 0 unspecified atom stereocenters. The molecule has 0 bridgehead atoms. The van der Waals surface area contributed by atoms with Crippen molar-refractivity contribution in [2.24, 2.45) is 0 Å². The van der Waals surface area contributed by atoms with Crippen LogP contribution in [0.1, 0.15) is 18.4 Å². The van der Waals surface area contributed by atoms with E-state index in [0.29, 0.717) is 0 Å². The summed E-state index contributed by atoms with van der Waals surface area (Å²) in [6.07, 6.45) is 2.42. The predicted octanol–water partition coefficient (Wildman–Crippen LogP) is 2.83. The highest BCUT2D eigenvalue weighted by molar-refractivity contribution is 6.71. The summed E-state index contributed by atoms with van der Waals surface area (Å²) >= 11 is 0. The van der Waals surface area contributed by atoms with Crippen LogP contribution in [-0.2, 0) is 8.85 Å². The first-order chi connectivity index (χ1) is 8.22. The Kier molecular flexibility index (Phi) is 3.86. The van der Waals surface area contributed by atoms with Crippen LogP contribution in [-0.4, -0.2) is 29.5 Å². The lowest BCUT2D eigenvalue weighted by atomic mass is 10.2. The first kappa shape index (κ1) is 12.6. The van der Waals surface area contributed by atoms with Crippen molar-refractivity contribution in [2.75, 3.05) is 25.3 Å². The largest absolute Gasteiger partial charge is 0.458 e. The molecule has 0 saturated carbocycles. The van der Waals surface area contributed by atoms with Crippen molar-refractivity contribution in [3.05, 3.63) is 29.8 Å². The maximum absolute atomic E-state index is 5.77. The van der Waals surface area contributed by atoms with Gasteiger partial charge in [-0.1, -0.05) is 17.7 Å². The summed E-state index contributed by atoms with van der Waals surface area (Å²) in [4.78, 5) is 0. The highest BCUT2D eigenvalue weighted by atomic mass is 28.4. The van der Waals surface area contributed by atoms with Crippen molar-refractivity contribution >= 4 is 14.4 Å². The maximum atomic E-state index is 5.77. The van der Waals surface area contributed by atoms with Crippen molar-refractivity contribution in [1.82, 2.24) is 0 Å². The van der Waals surface area contributed by atoms with Crippen LogP contribution in [0.5, 0.6) is 0 Å². The molecule has 0 aliphatic carbocycles. The van der Waals surface area contributed by atoms with Crippen molar-refractivity contribution in [3.63, 3.8) is 0 Å². The minimum Gasteiger partial charge on any atom is -0.382 e. The minimum absolute atomic E-state index is 1.04. The van der Waals surface area contributed by atoms with Crippen LogP contribution in [0.25, 0.3) is 0 Å². The second-order valence-electron chi connectivity index (χ2n) is 4.57. The van der Waals surface area contributed by atoms with Gasteiger partial charge in [0, 0.05) is 32.5 Å². The summed E-state index contributed by atoms with van der Waals surface area (Å²) in [7, 11) is 1.38. The minimum atomic E-state index is -2.18. The predicted molar refractivity (Wildman–Crippen MR) is 72.3 cm³/mol. The Morgan fingerprint density at radius 3 is 2.29 bits per heavy atom. The fourth-order valence-electron chi connectivity index (χ4n) is 2.48. The Labute approximate surface area is 105 Å². The van der Waals surface area contributed by atoms with Gasteiger partial charge in [-0.15, -0.1) is 0 Å². The lowest BCUT2D eigenvalue weighted by molar-refractivity contribution is 0.231. The van der Waals surface area contributed by atoms with Gasteiger partial charge in [0.2, 0.25) is 0 Å². The third-order valence-electron chi connectivity index (χ3n) is 3.52. The molecule has 4 heteroatoms. The van der Waals surface area contributed by atoms with E-state index in [-0.39, 0.29) is 0 Å². The zero-order valence-electron chi connectivity index (χ0n) is 10.9. The molecule has 94 valence electrons. The molecule has 0 N–H and O–H groups in total. The lowest BCUT2D eigenvalue weighted by Gasteiger charge is -2.42. The van der Waals surface area contributed by atoms with Crippen LogP contribution in [0.3, 0.4) is 0 Å². The standard InChI is InChI=1S/C13H21NO2Si/c1-12-6-8-13(9-7-12)14-10-4-5-11-17(14,15-2)16-3/h6-9H,4-5,10-11H2,1-3H3. The van der Waals surface area contributed by atoms with E-state index in [1.165, 1.54) is 24.1 Å². The van der Waals surface area contributed by atoms with Gasteiger partial charge in [-0.2, -0.15) is 0 Å². The molecule has 0 radical (unpaired) electrons. The smallest absolute Gasteiger partial charge is 0.382 e. The zero-order valence-corrected chi connectivity index (χ0v) is 11.9. The van der Waals surface area contributed by atoms with E-state index < -0.39 is 8.72 Å². The van der Waals surface area contributed by atoms with Gasteiger partial charge in [-0.25, -0.2) is 0 Å². The molecular formula is C13H21NO2Si. The normalized spacial score (nSPS) is 19.4. The fourth-order valence-corrected chi connectivity index (χ4v) is 5.51. The number of hydrogen-bond acceptors (Lipinski definition) is 3. The van der Waals surface area contributed by atoms with Crippen molar-refractivity contribution in [2.45, 2.75) is 25.8 Å². The Morgan fingerprint density at radius 2 is 1.71 bits per heavy atom. The molecule has 2 rings (SSSR count). The maximum Gasteiger partial charge on any atom is 0.458 e. The average molecular weight is 251 g/mol. The van der Waals surface area contributed by atoms with Crippen molar-refractivity contribution in [3.8, 4) is 0 Å². The van der Waals surface area contributed by atoms with Crippen LogP contribution in [0, 0.1) is 6.92 Å². The second-order valence-corrected chi connectivity index (χ2v) is 7.85. The van der Waals surface area contributed by atoms with Crippen LogP contribution in [0.4, 0.5) is 5.69 Å². The molecule has 1 aliphatic rings. The Balaban J connectivity index is 2.30. The molecule has 1 fully saturated rings. The summed E-state index contributed by atoms with van der Waals surface area (Å²) in [5, 5.41) is 0. The highest BCUT2D eigenvalue weighted by Crippen LogP contribution is 2.31. The van der Waals surface area contributed by atoms with E-state index in [0.717, 1.165) is 12.6 Å². The molecule has 0 aromatic heterocycles. The van der Waals surface area contributed by atoms with E-state index in [1.54, 1.807) is 14.2 Å². The third-order valence-corrected chi connectivity index (χ3v) is 7.08. The first-order valence-electron chi connectivity index (χ1n) is 6.16. The first-order valence-corrected chi connectivity index (χ1v) is 8.13. The molecule has 0 atom stereocenters. The van der Waals surface area contributed by atoms with Crippen LogP contribution in [0.15, 0.2) is 24.3 Å². The molecule has 1 aromatic carbocycles. The summed E-state index contributed by atoms with van der Waals surface area (Å²) in [5.41, 5.74) is 2.51. The Morgan fingerprint density at radius 1 is 1.06 bits per heavy atom. The monoisotopic (exact) mass is 251 g/mol. The van der Waals surface area contributed by atoms with Gasteiger partial charge in [0.05, 0.1) is 0 Å². The molecule has 0 amide bonds. The molecular weight excluding hydrogens is 230 g/mol. The Bertz CT molecular complexity index is 362. The van der Waals surface area contributed by atoms with Gasteiger partial charge in [0.15, 0.2) is 0 Å². The Hall–Kier alpha value is -0.843. The number of rotatable bonds is 3. The van der Waals surface area contributed by atoms with Gasteiger partial charge in [-0.3, -0.25) is 0 Å². The summed E-state index contributed by atoms with van der Waals surface area (Å²) in [6.45, 7) is 3.15. The van der Waals surface area contributed by atoms with Gasteiger partial charge >= 0.3 is 8.72 Å². The molecule has 1 saturated heterocycles. The third kappa shape index (κ3) is 2.39. The van der Waals surface area contributed by atoms with Gasteiger partial charge in [0.25, 0.3) is 0 Å². The van der Waals surface area contributed by atoms with E-state index >= 15 is 0 Å². The number of hydrogen-bond donors (Lipinski definition) is 0. The quantitative estimate of drug-likeness (QED) is 0.771. The summed E-state index contributed by atoms with van der Waals surface area (Å²) < 4.78 is 13.9. The van der Waals surface area contributed by atoms with E-state index in [9.17, 15) is 0 Å². The van der Waals surface area contributed by atoms with Crippen LogP contribution in [0.2, 0.25) is 6.04 Å². The highest BCUT2D eigenvalue weighted by Gasteiger charge is 2.45. The number of nitrogens with zero attached hydrogens (tertiary/aromatic N) is 1. The second kappa shape index (κ2) is 5.21. The summed E-state index contributed by atoms with van der Waals surface area (Å²) in [6, 6.07) is 9.68. The van der Waals surface area contributed by atoms with Gasteiger partial charge in [-0.05, 0) is 31.9 Å². The molecule has 17 heavy (non-hydrogen) atoms. The van der Waals surface area contributed by atoms with E-state index in [4.69, 9.17) is 8.85 Å². The topological polar surface area (TPSA) is 21.7 Å². The molecule has 0 spiro atoms. The van der Waals surface area contributed by atoms with E-state index in [1.807, 2.05) is 0 Å². The van der Waals surface area contributed by atoms with Crippen LogP contribution >= 0.6 is 0 Å². The molecule has 3 nitrogen and oxygen atoms in total. The van der Waals surface area contributed by atoms with Crippen LogP contribution < -0.4 is 4.57 Å². The molecule has 1 heterocycles. The van der Waals surface area contributed by atoms with Crippen molar-refractivity contribution in [1.29, 1.82) is 0 Å². The van der Waals surface area contributed by atoms with Crippen molar-refractivity contribution < 1.29 is 8.85 Å². The summed E-state index contributed by atoms with van der Waals surface area (Å²) in [5.74, 6) is 0.